The van der Waals surface area contributed by atoms with Gasteiger partial charge in [-0.2, -0.15) is 5.10 Å². The molecule has 0 saturated carbocycles. The highest BCUT2D eigenvalue weighted by Crippen LogP contribution is 2.35. The normalized spacial score (nSPS) is 10.5. The van der Waals surface area contributed by atoms with Crippen LogP contribution in [0.25, 0.3) is 0 Å². The molecule has 0 heterocycles. The first-order valence-electron chi connectivity index (χ1n) is 8.27. The molecule has 0 aliphatic carbocycles. The summed E-state index contributed by atoms with van der Waals surface area (Å²) in [4.78, 5) is 11.9. The molecule has 2 aromatic rings. The third-order valence-corrected chi connectivity index (χ3v) is 3.74. The minimum Gasteiger partial charge on any atom is -0.497 e. The lowest BCUT2D eigenvalue weighted by molar-refractivity contribution is -0.119. The number of rotatable bonds is 9. The zero-order valence-corrected chi connectivity index (χ0v) is 16.2. The fourth-order valence-corrected chi connectivity index (χ4v) is 2.55. The van der Waals surface area contributed by atoms with Crippen LogP contribution in [0, 0.1) is 0 Å². The summed E-state index contributed by atoms with van der Waals surface area (Å²) in [6.07, 6.45) is 1.48. The number of methoxy groups -OCH3 is 2. The van der Waals surface area contributed by atoms with E-state index in [-0.39, 0.29) is 12.5 Å². The van der Waals surface area contributed by atoms with Gasteiger partial charge in [0, 0.05) is 11.8 Å². The van der Waals surface area contributed by atoms with Crippen LogP contribution in [-0.2, 0) is 4.79 Å². The van der Waals surface area contributed by atoms with E-state index in [1.807, 2.05) is 25.1 Å². The van der Waals surface area contributed by atoms with Gasteiger partial charge >= 0.3 is 0 Å². The second-order valence-corrected chi connectivity index (χ2v) is 5.75. The average molecular weight is 392 g/mol. The largest absolute Gasteiger partial charge is 0.497 e. The van der Waals surface area contributed by atoms with Gasteiger partial charge in [-0.25, -0.2) is 5.43 Å². The lowest BCUT2D eigenvalue weighted by Crippen LogP contribution is -2.25. The first-order chi connectivity index (χ1) is 13.1. The van der Waals surface area contributed by atoms with Gasteiger partial charge in [-0.05, 0) is 36.8 Å². The molecule has 8 heteroatoms. The van der Waals surface area contributed by atoms with Crippen LogP contribution in [0.4, 0.5) is 5.69 Å². The maximum Gasteiger partial charge on any atom is 0.259 e. The van der Waals surface area contributed by atoms with E-state index in [1.165, 1.54) is 13.3 Å². The number of ether oxygens (including phenoxy) is 3. The number of amides is 1. The molecule has 7 nitrogen and oxygen atoms in total. The Kier molecular flexibility index (Phi) is 7.76. The zero-order valence-electron chi connectivity index (χ0n) is 15.4. The van der Waals surface area contributed by atoms with Crippen molar-refractivity contribution >= 4 is 29.4 Å². The Labute approximate surface area is 163 Å². The van der Waals surface area contributed by atoms with Crippen LogP contribution in [-0.4, -0.2) is 39.5 Å². The fraction of sp³-hybridized carbons (Fsp3) is 0.263. The molecule has 2 rings (SSSR count). The number of halogens is 1. The van der Waals surface area contributed by atoms with Crippen LogP contribution < -0.4 is 25.0 Å². The second-order valence-electron chi connectivity index (χ2n) is 5.35. The number of benzene rings is 2. The number of nitrogens with one attached hydrogen (secondary N) is 2. The first kappa shape index (κ1) is 20.4. The predicted molar refractivity (Wildman–Crippen MR) is 106 cm³/mol. The van der Waals surface area contributed by atoms with Crippen molar-refractivity contribution in [3.8, 4) is 17.2 Å². The predicted octanol–water partition coefficient (Wildman–Crippen LogP) is 3.32. The fourth-order valence-electron chi connectivity index (χ4n) is 2.26. The van der Waals surface area contributed by atoms with Crippen LogP contribution in [0.2, 0.25) is 5.02 Å². The molecule has 1 amide bonds. The summed E-state index contributed by atoms with van der Waals surface area (Å²) >= 11 is 6.18. The topological polar surface area (TPSA) is 81.2 Å². The highest BCUT2D eigenvalue weighted by molar-refractivity contribution is 6.32. The lowest BCUT2D eigenvalue weighted by Gasteiger charge is -2.11. The van der Waals surface area contributed by atoms with Gasteiger partial charge in [0.05, 0.1) is 38.6 Å². The van der Waals surface area contributed by atoms with E-state index in [2.05, 4.69) is 15.8 Å². The Morgan fingerprint density at radius 3 is 2.74 bits per heavy atom. The summed E-state index contributed by atoms with van der Waals surface area (Å²) in [6, 6.07) is 10.7. The molecule has 2 aromatic carbocycles. The van der Waals surface area contributed by atoms with Gasteiger partial charge in [0.25, 0.3) is 5.91 Å². The molecule has 0 aliphatic heterocycles. The smallest absolute Gasteiger partial charge is 0.259 e. The Bertz CT molecular complexity index is 812. The molecule has 0 unspecified atom stereocenters. The summed E-state index contributed by atoms with van der Waals surface area (Å²) in [5.74, 6) is 1.39. The number of hydrogen-bond donors (Lipinski definition) is 2. The van der Waals surface area contributed by atoms with Crippen LogP contribution in [0.3, 0.4) is 0 Å². The lowest BCUT2D eigenvalue weighted by atomic mass is 10.2. The van der Waals surface area contributed by atoms with Crippen molar-refractivity contribution in [2.75, 3.05) is 32.7 Å². The summed E-state index contributed by atoms with van der Waals surface area (Å²) in [6.45, 7) is 2.40. The number of hydrogen-bond acceptors (Lipinski definition) is 6. The van der Waals surface area contributed by atoms with E-state index >= 15 is 0 Å². The minimum atomic E-state index is -0.293. The number of carbonyl (C=O) groups excluding carboxylic acids is 1. The van der Waals surface area contributed by atoms with E-state index in [0.29, 0.717) is 34.4 Å². The summed E-state index contributed by atoms with van der Waals surface area (Å²) in [7, 11) is 3.11. The summed E-state index contributed by atoms with van der Waals surface area (Å²) in [5, 5.41) is 7.33. The Balaban J connectivity index is 1.93. The van der Waals surface area contributed by atoms with Gasteiger partial charge in [0.2, 0.25) is 0 Å². The van der Waals surface area contributed by atoms with Gasteiger partial charge in [-0.1, -0.05) is 17.7 Å². The van der Waals surface area contributed by atoms with Gasteiger partial charge < -0.3 is 19.5 Å². The molecule has 0 atom stereocenters. The Hall–Kier alpha value is -2.93. The molecule has 0 aromatic heterocycles. The number of anilines is 1. The van der Waals surface area contributed by atoms with E-state index in [4.69, 9.17) is 25.8 Å². The maximum absolute atomic E-state index is 11.9. The van der Waals surface area contributed by atoms with Crippen molar-refractivity contribution in [3.05, 3.63) is 47.0 Å². The van der Waals surface area contributed by atoms with E-state index in [1.54, 1.807) is 25.3 Å². The average Bonchev–Trinajstić information content (AvgIpc) is 2.67. The van der Waals surface area contributed by atoms with Crippen molar-refractivity contribution < 1.29 is 19.0 Å². The molecule has 0 radical (unpaired) electrons. The van der Waals surface area contributed by atoms with Gasteiger partial charge in [-0.3, -0.25) is 4.79 Å². The zero-order chi connectivity index (χ0) is 19.6. The maximum atomic E-state index is 11.9. The molecular formula is C19H22ClN3O4. The van der Waals surface area contributed by atoms with Gasteiger partial charge in [0.1, 0.15) is 5.75 Å². The van der Waals surface area contributed by atoms with Gasteiger partial charge in [-0.15, -0.1) is 0 Å². The Morgan fingerprint density at radius 1 is 1.22 bits per heavy atom. The van der Waals surface area contributed by atoms with E-state index in [0.717, 1.165) is 5.69 Å². The van der Waals surface area contributed by atoms with Crippen LogP contribution in [0.1, 0.15) is 12.5 Å². The molecule has 27 heavy (non-hydrogen) atoms. The van der Waals surface area contributed by atoms with Gasteiger partial charge in [0.15, 0.2) is 11.5 Å². The molecular weight excluding hydrogens is 370 g/mol. The highest BCUT2D eigenvalue weighted by Gasteiger charge is 2.10. The molecule has 0 saturated heterocycles. The van der Waals surface area contributed by atoms with E-state index < -0.39 is 0 Å². The van der Waals surface area contributed by atoms with E-state index in [9.17, 15) is 4.79 Å². The van der Waals surface area contributed by atoms with Crippen molar-refractivity contribution in [2.45, 2.75) is 6.92 Å². The molecule has 2 N–H and O–H groups in total. The first-order valence-corrected chi connectivity index (χ1v) is 8.65. The monoisotopic (exact) mass is 391 g/mol. The molecule has 0 spiro atoms. The van der Waals surface area contributed by atoms with Crippen molar-refractivity contribution in [2.24, 2.45) is 5.10 Å². The van der Waals surface area contributed by atoms with Crippen molar-refractivity contribution in [3.63, 3.8) is 0 Å². The van der Waals surface area contributed by atoms with Crippen molar-refractivity contribution in [1.82, 2.24) is 5.43 Å². The summed E-state index contributed by atoms with van der Waals surface area (Å²) < 4.78 is 15.9. The highest BCUT2D eigenvalue weighted by atomic mass is 35.5. The van der Waals surface area contributed by atoms with Crippen LogP contribution >= 0.6 is 11.6 Å². The Morgan fingerprint density at radius 2 is 2.04 bits per heavy atom. The SMILES string of the molecule is CCOc1cc(/C=N\NC(=O)CNc2cccc(OC)c2)cc(Cl)c1OC. The molecule has 0 aliphatic rings. The standard InChI is InChI=1S/C19H22ClN3O4/c1-4-27-17-9-13(8-16(20)19(17)26-3)11-22-23-18(24)12-21-14-6-5-7-15(10-14)25-2/h5-11,21H,4,12H2,1-3H3,(H,23,24)/b22-11-. The number of carbonyl (C=O) groups is 1. The third-order valence-electron chi connectivity index (χ3n) is 3.46. The summed E-state index contributed by atoms with van der Waals surface area (Å²) in [5.41, 5.74) is 3.90. The number of hydrazone groups is 1. The number of nitrogens with zero attached hydrogens (tertiary/aromatic N) is 1. The van der Waals surface area contributed by atoms with Crippen LogP contribution in [0.5, 0.6) is 17.2 Å². The third kappa shape index (κ3) is 6.07. The molecule has 144 valence electrons. The van der Waals surface area contributed by atoms with Crippen molar-refractivity contribution in [1.29, 1.82) is 0 Å². The minimum absolute atomic E-state index is 0.0675. The molecule has 0 bridgehead atoms. The van der Waals surface area contributed by atoms with Crippen LogP contribution in [0.15, 0.2) is 41.5 Å². The quantitative estimate of drug-likeness (QED) is 0.506. The second kappa shape index (κ2) is 10.3. The molecule has 0 fully saturated rings.